The number of nitrogens with one attached hydrogen (secondary N) is 1. The first-order valence-corrected chi connectivity index (χ1v) is 13.7. The minimum atomic E-state index is -5.08. The van der Waals surface area contributed by atoms with E-state index in [1.54, 1.807) is 41.6 Å². The van der Waals surface area contributed by atoms with Crippen molar-refractivity contribution >= 4 is 23.3 Å². The summed E-state index contributed by atoms with van der Waals surface area (Å²) in [6.07, 6.45) is -0.211. The van der Waals surface area contributed by atoms with Crippen LogP contribution in [-0.2, 0) is 16.1 Å². The van der Waals surface area contributed by atoms with Gasteiger partial charge < -0.3 is 25.2 Å². The Morgan fingerprint density at radius 2 is 1.67 bits per heavy atom. The van der Waals surface area contributed by atoms with E-state index in [0.717, 1.165) is 35.7 Å². The van der Waals surface area contributed by atoms with E-state index in [1.807, 2.05) is 30.3 Å². The third kappa shape index (κ3) is 8.16. The Kier molecular flexibility index (Phi) is 9.78. The SMILES string of the molecule is O=C(O)C(F)(F)F.OCc1ccc(-c2ncn(-c3ccc(Nc4nccc(-c5cc(F)cc(N6CCOCC6)c5)n4)cc3)n2)nc1. The van der Waals surface area contributed by atoms with Gasteiger partial charge in [0.15, 0.2) is 5.82 Å². The molecular formula is C30H26F4N8O4. The molecule has 1 aliphatic rings. The number of halogens is 4. The van der Waals surface area contributed by atoms with E-state index in [9.17, 15) is 22.7 Å². The van der Waals surface area contributed by atoms with E-state index >= 15 is 0 Å². The second-order valence-electron chi connectivity index (χ2n) is 9.76. The summed E-state index contributed by atoms with van der Waals surface area (Å²) >= 11 is 0. The molecule has 5 aromatic rings. The molecule has 238 valence electrons. The number of rotatable bonds is 7. The molecule has 6 rings (SSSR count). The zero-order valence-electron chi connectivity index (χ0n) is 23.9. The van der Waals surface area contributed by atoms with Gasteiger partial charge in [0.25, 0.3) is 0 Å². The highest BCUT2D eigenvalue weighted by molar-refractivity contribution is 5.73. The van der Waals surface area contributed by atoms with Crippen LogP contribution in [0.4, 0.5) is 34.9 Å². The van der Waals surface area contributed by atoms with E-state index < -0.39 is 12.1 Å². The number of nitrogens with zero attached hydrogens (tertiary/aromatic N) is 7. The van der Waals surface area contributed by atoms with Crippen molar-refractivity contribution in [3.8, 4) is 28.5 Å². The Labute approximate surface area is 259 Å². The molecule has 0 aliphatic carbocycles. The fraction of sp³-hybridized carbons (Fsp3) is 0.200. The van der Waals surface area contributed by atoms with E-state index in [-0.39, 0.29) is 12.4 Å². The van der Waals surface area contributed by atoms with Crippen LogP contribution >= 0.6 is 0 Å². The zero-order chi connectivity index (χ0) is 32.7. The third-order valence-corrected chi connectivity index (χ3v) is 6.57. The number of aromatic nitrogens is 6. The molecule has 3 aromatic heterocycles. The second kappa shape index (κ2) is 14.1. The predicted octanol–water partition coefficient (Wildman–Crippen LogP) is 4.63. The van der Waals surface area contributed by atoms with Crippen LogP contribution in [0.3, 0.4) is 0 Å². The van der Waals surface area contributed by atoms with Crippen LogP contribution in [0.25, 0.3) is 28.5 Å². The number of carboxylic acids is 1. The molecule has 1 aliphatic heterocycles. The number of anilines is 3. The minimum absolute atomic E-state index is 0.0640. The highest BCUT2D eigenvalue weighted by Gasteiger charge is 2.38. The van der Waals surface area contributed by atoms with E-state index in [1.165, 1.54) is 12.1 Å². The number of benzene rings is 2. The molecule has 0 radical (unpaired) electrons. The molecule has 0 saturated carbocycles. The van der Waals surface area contributed by atoms with Crippen LogP contribution in [0.15, 0.2) is 79.4 Å². The van der Waals surface area contributed by atoms with Gasteiger partial charge in [-0.25, -0.2) is 28.8 Å². The average Bonchev–Trinajstić information content (AvgIpc) is 3.56. The molecule has 0 atom stereocenters. The molecule has 16 heteroatoms. The highest BCUT2D eigenvalue weighted by Crippen LogP contribution is 2.27. The Balaban J connectivity index is 0.000000537. The van der Waals surface area contributed by atoms with Crippen LogP contribution < -0.4 is 10.2 Å². The van der Waals surface area contributed by atoms with Crippen LogP contribution in [0.2, 0.25) is 0 Å². The lowest BCUT2D eigenvalue weighted by Gasteiger charge is -2.29. The summed E-state index contributed by atoms with van der Waals surface area (Å²) in [6, 6.07) is 17.9. The first kappa shape index (κ1) is 31.9. The number of aliphatic hydroxyl groups excluding tert-OH is 1. The number of aliphatic carboxylic acids is 1. The predicted molar refractivity (Wildman–Crippen MR) is 158 cm³/mol. The number of alkyl halides is 3. The molecule has 1 saturated heterocycles. The number of carbonyl (C=O) groups is 1. The lowest BCUT2D eigenvalue weighted by molar-refractivity contribution is -0.192. The van der Waals surface area contributed by atoms with Crippen LogP contribution in [0, 0.1) is 5.82 Å². The molecule has 46 heavy (non-hydrogen) atoms. The van der Waals surface area contributed by atoms with E-state index in [0.29, 0.717) is 41.9 Å². The lowest BCUT2D eigenvalue weighted by Crippen LogP contribution is -2.36. The van der Waals surface area contributed by atoms with Gasteiger partial charge in [-0.1, -0.05) is 6.07 Å². The molecule has 2 aromatic carbocycles. The summed E-state index contributed by atoms with van der Waals surface area (Å²) in [6.45, 7) is 2.63. The maximum atomic E-state index is 14.5. The number of morpholine rings is 1. The minimum Gasteiger partial charge on any atom is -0.475 e. The summed E-state index contributed by atoms with van der Waals surface area (Å²) in [5, 5.41) is 24.0. The number of carboxylic acid groups (broad SMARTS) is 1. The standard InChI is InChI=1S/C28H25FN8O2.C2HF3O2/c29-21-13-20(14-24(15-21)36-9-11-39-12-10-36)25-7-8-30-28(34-25)33-22-2-4-23(5-3-22)37-18-32-27(35-37)26-6-1-19(17-38)16-31-26;3-2(4,5)1(6)7/h1-8,13-16,18,38H,9-12,17H2,(H,30,33,34);(H,6,7). The monoisotopic (exact) mass is 638 g/mol. The summed E-state index contributed by atoms with van der Waals surface area (Å²) in [7, 11) is 0. The van der Waals surface area contributed by atoms with Gasteiger partial charge in [0.1, 0.15) is 17.8 Å². The van der Waals surface area contributed by atoms with Gasteiger partial charge >= 0.3 is 12.1 Å². The highest BCUT2D eigenvalue weighted by atomic mass is 19.4. The fourth-order valence-electron chi connectivity index (χ4n) is 4.29. The smallest absolute Gasteiger partial charge is 0.475 e. The second-order valence-corrected chi connectivity index (χ2v) is 9.76. The van der Waals surface area contributed by atoms with E-state index in [2.05, 4.69) is 35.3 Å². The Hall–Kier alpha value is -5.48. The number of pyridine rings is 1. The summed E-state index contributed by atoms with van der Waals surface area (Å²) in [4.78, 5) is 28.6. The maximum absolute atomic E-state index is 14.5. The zero-order valence-corrected chi connectivity index (χ0v) is 23.9. The van der Waals surface area contributed by atoms with Crippen molar-refractivity contribution in [3.63, 3.8) is 0 Å². The van der Waals surface area contributed by atoms with Gasteiger partial charge in [0, 0.05) is 42.4 Å². The van der Waals surface area contributed by atoms with Crippen LogP contribution in [0.1, 0.15) is 5.56 Å². The topological polar surface area (TPSA) is 151 Å². The van der Waals surface area contributed by atoms with Gasteiger partial charge in [-0.05, 0) is 60.2 Å². The molecular weight excluding hydrogens is 612 g/mol. The summed E-state index contributed by atoms with van der Waals surface area (Å²) in [5.74, 6) is -2.18. The molecule has 1 fully saturated rings. The first-order chi connectivity index (χ1) is 22.1. The Bertz CT molecular complexity index is 1780. The first-order valence-electron chi connectivity index (χ1n) is 13.7. The third-order valence-electron chi connectivity index (χ3n) is 6.57. The Morgan fingerprint density at radius 3 is 2.33 bits per heavy atom. The normalized spacial score (nSPS) is 13.1. The van der Waals surface area contributed by atoms with Crippen molar-refractivity contribution in [2.75, 3.05) is 36.5 Å². The summed E-state index contributed by atoms with van der Waals surface area (Å²) in [5.41, 5.74) is 5.06. The number of aliphatic hydroxyl groups is 1. The average molecular weight is 639 g/mol. The lowest BCUT2D eigenvalue weighted by atomic mass is 10.1. The van der Waals surface area contributed by atoms with E-state index in [4.69, 9.17) is 14.6 Å². The van der Waals surface area contributed by atoms with Gasteiger partial charge in [-0.15, -0.1) is 5.10 Å². The van der Waals surface area contributed by atoms with Gasteiger partial charge in [-0.2, -0.15) is 13.2 Å². The van der Waals surface area contributed by atoms with Crippen molar-refractivity contribution < 1.29 is 37.3 Å². The molecule has 0 amide bonds. The van der Waals surface area contributed by atoms with Crippen molar-refractivity contribution in [1.82, 2.24) is 29.7 Å². The number of ether oxygens (including phenoxy) is 1. The van der Waals surface area contributed by atoms with Crippen LogP contribution in [-0.4, -0.2) is 78.4 Å². The largest absolute Gasteiger partial charge is 0.490 e. The van der Waals surface area contributed by atoms with Crippen molar-refractivity contribution in [2.24, 2.45) is 0 Å². The Morgan fingerprint density at radius 1 is 0.935 bits per heavy atom. The molecule has 12 nitrogen and oxygen atoms in total. The van der Waals surface area contributed by atoms with Gasteiger partial charge in [-0.3, -0.25) is 4.98 Å². The summed E-state index contributed by atoms with van der Waals surface area (Å²) < 4.78 is 53.3. The number of hydrogen-bond donors (Lipinski definition) is 3. The van der Waals surface area contributed by atoms with Crippen LogP contribution in [0.5, 0.6) is 0 Å². The van der Waals surface area contributed by atoms with Crippen molar-refractivity contribution in [3.05, 3.63) is 90.8 Å². The fourth-order valence-corrected chi connectivity index (χ4v) is 4.29. The van der Waals surface area contributed by atoms with Gasteiger partial charge in [0.05, 0.1) is 31.2 Å². The maximum Gasteiger partial charge on any atom is 0.490 e. The molecule has 4 heterocycles. The molecule has 0 unspecified atom stereocenters. The van der Waals surface area contributed by atoms with Gasteiger partial charge in [0.2, 0.25) is 5.95 Å². The molecule has 3 N–H and O–H groups in total. The molecule has 0 spiro atoms. The van der Waals surface area contributed by atoms with Crippen molar-refractivity contribution in [1.29, 1.82) is 0 Å². The van der Waals surface area contributed by atoms with Crippen molar-refractivity contribution in [2.45, 2.75) is 12.8 Å². The molecule has 0 bridgehead atoms. The quantitative estimate of drug-likeness (QED) is 0.214. The number of hydrogen-bond acceptors (Lipinski definition) is 10.